The van der Waals surface area contributed by atoms with Crippen LogP contribution in [0.5, 0.6) is 5.88 Å². The molecule has 0 spiro atoms. The maximum Gasteiger partial charge on any atom is 0.216 e. The van der Waals surface area contributed by atoms with Crippen LogP contribution >= 0.6 is 11.6 Å². The molecule has 12 heavy (non-hydrogen) atoms. The Labute approximate surface area is 77.5 Å². The van der Waals surface area contributed by atoms with Gasteiger partial charge in [0.1, 0.15) is 0 Å². The molecule has 0 unspecified atom stereocenters. The molecule has 0 aliphatic rings. The van der Waals surface area contributed by atoms with E-state index >= 15 is 0 Å². The fourth-order valence-corrected chi connectivity index (χ4v) is 1.13. The highest BCUT2D eigenvalue weighted by molar-refractivity contribution is 6.17. The normalized spacial score (nSPS) is 9.92. The van der Waals surface area contributed by atoms with Crippen molar-refractivity contribution in [2.75, 3.05) is 6.61 Å². The highest BCUT2D eigenvalue weighted by Crippen LogP contribution is 2.15. The first-order chi connectivity index (χ1) is 5.77. The summed E-state index contributed by atoms with van der Waals surface area (Å²) in [6.07, 6.45) is 1.74. The molecule has 3 heteroatoms. The van der Waals surface area contributed by atoms with Crippen molar-refractivity contribution in [1.82, 2.24) is 4.98 Å². The molecule has 0 bridgehead atoms. The second-order valence-electron chi connectivity index (χ2n) is 2.53. The Morgan fingerprint density at radius 1 is 1.58 bits per heavy atom. The molecule has 2 nitrogen and oxygen atoms in total. The Balaban J connectivity index is 2.87. The molecule has 0 amide bonds. The highest BCUT2D eigenvalue weighted by atomic mass is 35.5. The number of halogens is 1. The van der Waals surface area contributed by atoms with E-state index in [-0.39, 0.29) is 0 Å². The van der Waals surface area contributed by atoms with Crippen LogP contribution in [-0.2, 0) is 5.88 Å². The minimum absolute atomic E-state index is 0.500. The Hall–Kier alpha value is -0.760. The van der Waals surface area contributed by atoms with E-state index in [2.05, 4.69) is 4.98 Å². The number of rotatable bonds is 3. The van der Waals surface area contributed by atoms with Gasteiger partial charge in [0.15, 0.2) is 0 Å². The van der Waals surface area contributed by atoms with Crippen molar-refractivity contribution >= 4 is 11.6 Å². The van der Waals surface area contributed by atoms with Crippen molar-refractivity contribution in [3.8, 4) is 5.88 Å². The summed E-state index contributed by atoms with van der Waals surface area (Å²) in [4.78, 5) is 4.13. The van der Waals surface area contributed by atoms with E-state index in [1.54, 1.807) is 6.20 Å². The lowest BCUT2D eigenvalue weighted by atomic mass is 10.2. The molecule has 0 saturated carbocycles. The zero-order valence-electron chi connectivity index (χ0n) is 7.30. The Kier molecular flexibility index (Phi) is 3.35. The van der Waals surface area contributed by atoms with Crippen LogP contribution in [0.1, 0.15) is 18.1 Å². The largest absolute Gasteiger partial charge is 0.478 e. The SMILES string of the molecule is CCOc1ncc(CCl)cc1C. The number of ether oxygens (including phenoxy) is 1. The van der Waals surface area contributed by atoms with Gasteiger partial charge in [-0.05, 0) is 25.5 Å². The number of aromatic nitrogens is 1. The second kappa shape index (κ2) is 4.31. The van der Waals surface area contributed by atoms with Gasteiger partial charge in [0.25, 0.3) is 0 Å². The zero-order chi connectivity index (χ0) is 8.97. The topological polar surface area (TPSA) is 22.1 Å². The molecule has 0 N–H and O–H groups in total. The first-order valence-corrected chi connectivity index (χ1v) is 4.45. The van der Waals surface area contributed by atoms with Crippen LogP contribution in [-0.4, -0.2) is 11.6 Å². The molecule has 0 fully saturated rings. The molecule has 0 aliphatic heterocycles. The standard InChI is InChI=1S/C9H12ClNO/c1-3-12-9-7(2)4-8(5-10)6-11-9/h4,6H,3,5H2,1-2H3. The van der Waals surface area contributed by atoms with E-state index in [1.807, 2.05) is 19.9 Å². The molecule has 0 aromatic carbocycles. The average Bonchev–Trinajstić information content (AvgIpc) is 2.09. The van der Waals surface area contributed by atoms with Crippen molar-refractivity contribution in [1.29, 1.82) is 0 Å². The molecule has 1 rings (SSSR count). The maximum atomic E-state index is 5.65. The van der Waals surface area contributed by atoms with Crippen molar-refractivity contribution in [3.63, 3.8) is 0 Å². The molecule has 0 aliphatic carbocycles. The van der Waals surface area contributed by atoms with Gasteiger partial charge in [-0.15, -0.1) is 11.6 Å². The first-order valence-electron chi connectivity index (χ1n) is 3.92. The molecule has 1 heterocycles. The second-order valence-corrected chi connectivity index (χ2v) is 2.80. The van der Waals surface area contributed by atoms with E-state index in [1.165, 1.54) is 0 Å². The summed E-state index contributed by atoms with van der Waals surface area (Å²) in [5.41, 5.74) is 2.06. The van der Waals surface area contributed by atoms with Gasteiger partial charge in [-0.25, -0.2) is 4.98 Å². The van der Waals surface area contributed by atoms with Gasteiger partial charge in [0.2, 0.25) is 5.88 Å². The van der Waals surface area contributed by atoms with Crippen LogP contribution in [0.25, 0.3) is 0 Å². The number of nitrogens with zero attached hydrogens (tertiary/aromatic N) is 1. The van der Waals surface area contributed by atoms with Gasteiger partial charge in [-0.1, -0.05) is 0 Å². The highest BCUT2D eigenvalue weighted by Gasteiger charge is 2.00. The number of alkyl halides is 1. The summed E-state index contributed by atoms with van der Waals surface area (Å²) in [6.45, 7) is 4.55. The quantitative estimate of drug-likeness (QED) is 0.676. The summed E-state index contributed by atoms with van der Waals surface area (Å²) in [7, 11) is 0. The van der Waals surface area contributed by atoms with Crippen molar-refractivity contribution < 1.29 is 4.74 Å². The third-order valence-electron chi connectivity index (χ3n) is 1.52. The minimum Gasteiger partial charge on any atom is -0.478 e. The molecule has 0 atom stereocenters. The van der Waals surface area contributed by atoms with Crippen LogP contribution in [0, 0.1) is 6.92 Å². The summed E-state index contributed by atoms with van der Waals surface area (Å²) in [5.74, 6) is 1.20. The van der Waals surface area contributed by atoms with Crippen LogP contribution in [0.2, 0.25) is 0 Å². The molecule has 66 valence electrons. The monoisotopic (exact) mass is 185 g/mol. The van der Waals surface area contributed by atoms with Gasteiger partial charge in [-0.3, -0.25) is 0 Å². The third kappa shape index (κ3) is 2.11. The fraction of sp³-hybridized carbons (Fsp3) is 0.444. The Morgan fingerprint density at radius 2 is 2.33 bits per heavy atom. The predicted molar refractivity (Wildman–Crippen MR) is 49.7 cm³/mol. The summed E-state index contributed by atoms with van der Waals surface area (Å²) >= 11 is 5.65. The third-order valence-corrected chi connectivity index (χ3v) is 1.83. The number of aryl methyl sites for hydroxylation is 1. The zero-order valence-corrected chi connectivity index (χ0v) is 8.06. The van der Waals surface area contributed by atoms with Gasteiger partial charge in [0, 0.05) is 17.6 Å². The van der Waals surface area contributed by atoms with Crippen molar-refractivity contribution in [3.05, 3.63) is 23.4 Å². The van der Waals surface area contributed by atoms with Gasteiger partial charge in [-0.2, -0.15) is 0 Å². The summed E-state index contributed by atoms with van der Waals surface area (Å²) in [6, 6.07) is 1.99. The van der Waals surface area contributed by atoms with Crippen LogP contribution in [0.3, 0.4) is 0 Å². The molecule has 1 aromatic heterocycles. The Morgan fingerprint density at radius 3 is 2.83 bits per heavy atom. The number of hydrogen-bond donors (Lipinski definition) is 0. The van der Waals surface area contributed by atoms with Gasteiger partial charge < -0.3 is 4.74 Å². The van der Waals surface area contributed by atoms with E-state index in [4.69, 9.17) is 16.3 Å². The molecule has 1 aromatic rings. The summed E-state index contributed by atoms with van der Waals surface area (Å²) in [5, 5.41) is 0. The average molecular weight is 186 g/mol. The molecular weight excluding hydrogens is 174 g/mol. The molecule has 0 saturated heterocycles. The van der Waals surface area contributed by atoms with E-state index in [9.17, 15) is 0 Å². The van der Waals surface area contributed by atoms with E-state index in [0.29, 0.717) is 18.4 Å². The van der Waals surface area contributed by atoms with Gasteiger partial charge >= 0.3 is 0 Å². The van der Waals surface area contributed by atoms with Crippen LogP contribution < -0.4 is 4.74 Å². The smallest absolute Gasteiger partial charge is 0.216 e. The van der Waals surface area contributed by atoms with Crippen molar-refractivity contribution in [2.45, 2.75) is 19.7 Å². The Bertz CT molecular complexity index is 263. The van der Waals surface area contributed by atoms with E-state index in [0.717, 1.165) is 11.1 Å². The molecular formula is C9H12ClNO. The molecule has 0 radical (unpaired) electrons. The van der Waals surface area contributed by atoms with Crippen molar-refractivity contribution in [2.24, 2.45) is 0 Å². The fourth-order valence-electron chi connectivity index (χ4n) is 0.981. The maximum absolute atomic E-state index is 5.65. The lowest BCUT2D eigenvalue weighted by Gasteiger charge is -2.05. The lowest BCUT2D eigenvalue weighted by molar-refractivity contribution is 0.324. The van der Waals surface area contributed by atoms with E-state index < -0.39 is 0 Å². The predicted octanol–water partition coefficient (Wildman–Crippen LogP) is 2.53. The first kappa shape index (κ1) is 9.33. The van der Waals surface area contributed by atoms with Crippen LogP contribution in [0.15, 0.2) is 12.3 Å². The van der Waals surface area contributed by atoms with Crippen LogP contribution in [0.4, 0.5) is 0 Å². The minimum atomic E-state index is 0.500. The number of hydrogen-bond acceptors (Lipinski definition) is 2. The number of pyridine rings is 1. The summed E-state index contributed by atoms with van der Waals surface area (Å²) < 4.78 is 5.28. The lowest BCUT2D eigenvalue weighted by Crippen LogP contribution is -1.97. The van der Waals surface area contributed by atoms with Gasteiger partial charge in [0.05, 0.1) is 6.61 Å².